The minimum atomic E-state index is -1.03. The van der Waals surface area contributed by atoms with Crippen LogP contribution < -0.4 is 10.1 Å². The van der Waals surface area contributed by atoms with E-state index in [-0.39, 0.29) is 18.6 Å². The first-order valence-electron chi connectivity index (χ1n) is 12.6. The van der Waals surface area contributed by atoms with Crippen molar-refractivity contribution in [2.75, 3.05) is 11.9 Å². The number of aliphatic carboxylic acids is 1. The van der Waals surface area contributed by atoms with Gasteiger partial charge in [-0.05, 0) is 59.5 Å². The molecule has 1 aliphatic heterocycles. The Morgan fingerprint density at radius 2 is 1.85 bits per heavy atom. The van der Waals surface area contributed by atoms with Crippen molar-refractivity contribution in [1.82, 2.24) is 4.57 Å². The maximum absolute atomic E-state index is 12.0. The summed E-state index contributed by atoms with van der Waals surface area (Å²) in [5, 5.41) is 23.3. The Bertz CT molecular complexity index is 1640. The summed E-state index contributed by atoms with van der Waals surface area (Å²) in [5.74, 6) is -1.26. The lowest BCUT2D eigenvalue weighted by atomic mass is 10.0. The summed E-state index contributed by atoms with van der Waals surface area (Å²) in [4.78, 5) is 22.0. The average molecular weight is 577 g/mol. The van der Waals surface area contributed by atoms with E-state index >= 15 is 0 Å². The number of carboxylic acid groups (broad SMARTS) is 2. The number of halogens is 2. The molecule has 0 aliphatic carbocycles. The van der Waals surface area contributed by atoms with E-state index in [4.69, 9.17) is 33.0 Å². The number of benzene rings is 3. The van der Waals surface area contributed by atoms with Crippen LogP contribution in [0.25, 0.3) is 29.1 Å². The van der Waals surface area contributed by atoms with Gasteiger partial charge in [0.05, 0.1) is 5.56 Å². The number of aryl methyl sites for hydroxylation is 1. The van der Waals surface area contributed by atoms with Crippen molar-refractivity contribution in [2.45, 2.75) is 24.4 Å². The largest absolute Gasteiger partial charge is 0.489 e. The van der Waals surface area contributed by atoms with Crippen molar-refractivity contribution in [2.24, 2.45) is 0 Å². The predicted octanol–water partition coefficient (Wildman–Crippen LogP) is 7.48. The van der Waals surface area contributed by atoms with E-state index in [0.717, 1.165) is 27.9 Å². The van der Waals surface area contributed by atoms with Gasteiger partial charge in [-0.25, -0.2) is 4.79 Å². The summed E-state index contributed by atoms with van der Waals surface area (Å²) in [5.41, 5.74) is 4.43. The Hall–Kier alpha value is -4.20. The zero-order valence-electron chi connectivity index (χ0n) is 21.3. The molecular weight excluding hydrogens is 551 g/mol. The molecule has 0 saturated carbocycles. The van der Waals surface area contributed by atoms with E-state index < -0.39 is 16.9 Å². The molecule has 1 aliphatic rings. The van der Waals surface area contributed by atoms with Crippen molar-refractivity contribution < 1.29 is 24.5 Å². The number of carbonyl (C=O) groups is 2. The van der Waals surface area contributed by atoms with Crippen LogP contribution in [-0.4, -0.2) is 38.3 Å². The molecule has 0 amide bonds. The lowest BCUT2D eigenvalue weighted by Crippen LogP contribution is -2.38. The normalized spacial score (nSPS) is 16.1. The van der Waals surface area contributed by atoms with Crippen LogP contribution in [0.1, 0.15) is 39.9 Å². The molecule has 3 N–H and O–H groups in total. The van der Waals surface area contributed by atoms with Gasteiger partial charge in [0, 0.05) is 40.8 Å². The first kappa shape index (κ1) is 27.4. The number of alkyl halides is 1. The maximum atomic E-state index is 12.0. The highest BCUT2D eigenvalue weighted by molar-refractivity contribution is 6.31. The third-order valence-corrected chi connectivity index (χ3v) is 7.19. The topological polar surface area (TPSA) is 101 Å². The monoisotopic (exact) mass is 576 g/mol. The van der Waals surface area contributed by atoms with E-state index in [1.165, 1.54) is 0 Å². The number of ether oxygens (including phenoxy) is 1. The number of hydrogen-bond acceptors (Lipinski definition) is 4. The van der Waals surface area contributed by atoms with Gasteiger partial charge < -0.3 is 24.8 Å². The molecular formula is C31H26Cl2N2O5. The van der Waals surface area contributed by atoms with Crippen LogP contribution in [0.5, 0.6) is 5.75 Å². The molecule has 0 bridgehead atoms. The highest BCUT2D eigenvalue weighted by Crippen LogP contribution is 2.33. The van der Waals surface area contributed by atoms with Crippen molar-refractivity contribution in [3.8, 4) is 5.75 Å². The zero-order chi connectivity index (χ0) is 28.3. The summed E-state index contributed by atoms with van der Waals surface area (Å²) in [6.45, 7) is 0.607. The molecule has 2 heterocycles. The molecule has 9 heteroatoms. The van der Waals surface area contributed by atoms with Gasteiger partial charge in [0.1, 0.15) is 12.4 Å². The summed E-state index contributed by atoms with van der Waals surface area (Å²) in [6, 6.07) is 18.6. The molecule has 0 radical (unpaired) electrons. The Morgan fingerprint density at radius 1 is 1.05 bits per heavy atom. The second kappa shape index (κ2) is 11.5. The van der Waals surface area contributed by atoms with Gasteiger partial charge in [-0.3, -0.25) is 4.79 Å². The fraction of sp³-hybridized carbons (Fsp3) is 0.161. The predicted molar refractivity (Wildman–Crippen MR) is 159 cm³/mol. The van der Waals surface area contributed by atoms with Gasteiger partial charge in [-0.2, -0.15) is 0 Å². The fourth-order valence-corrected chi connectivity index (χ4v) is 5.06. The van der Waals surface area contributed by atoms with Gasteiger partial charge in [-0.1, -0.05) is 71.8 Å². The Balaban J connectivity index is 1.28. The van der Waals surface area contributed by atoms with Crippen LogP contribution >= 0.6 is 23.2 Å². The summed E-state index contributed by atoms with van der Waals surface area (Å²) < 4.78 is 7.76. The second-order valence-electron chi connectivity index (χ2n) is 9.52. The summed E-state index contributed by atoms with van der Waals surface area (Å²) >= 11 is 12.8. The molecule has 0 spiro atoms. The minimum absolute atomic E-state index is 0.0172. The molecule has 0 fully saturated rings. The van der Waals surface area contributed by atoms with E-state index in [9.17, 15) is 14.7 Å². The van der Waals surface area contributed by atoms with Crippen LogP contribution in [0.15, 0.2) is 72.9 Å². The SMILES string of the molecule is O=C(O)CCCn1cc(C(=O)O)c2c(/C=C/c3ccc(OCC4(Cl)C=Cc5ccc(Cl)cc5N4)cc3)cccc21. The number of aromatic carboxylic acids is 1. The molecule has 40 heavy (non-hydrogen) atoms. The first-order chi connectivity index (χ1) is 19.2. The molecule has 1 atom stereocenters. The van der Waals surface area contributed by atoms with Crippen LogP contribution in [0.2, 0.25) is 5.02 Å². The van der Waals surface area contributed by atoms with Crippen molar-refractivity contribution in [1.29, 1.82) is 0 Å². The first-order valence-corrected chi connectivity index (χ1v) is 13.4. The number of rotatable bonds is 10. The van der Waals surface area contributed by atoms with Gasteiger partial charge in [-0.15, -0.1) is 0 Å². The average Bonchev–Trinajstić information content (AvgIpc) is 3.30. The quantitative estimate of drug-likeness (QED) is 0.103. The molecule has 5 rings (SSSR count). The van der Waals surface area contributed by atoms with E-state index in [0.29, 0.717) is 29.1 Å². The number of nitrogens with one attached hydrogen (secondary N) is 1. The Kier molecular flexibility index (Phi) is 7.87. The molecule has 4 aromatic rings. The van der Waals surface area contributed by atoms with Crippen molar-refractivity contribution >= 4 is 70.0 Å². The second-order valence-corrected chi connectivity index (χ2v) is 10.6. The number of fused-ring (bicyclic) bond motifs is 2. The van der Waals surface area contributed by atoms with Crippen LogP contribution in [0.3, 0.4) is 0 Å². The van der Waals surface area contributed by atoms with E-state index in [1.807, 2.05) is 85.0 Å². The highest BCUT2D eigenvalue weighted by Gasteiger charge is 2.28. The van der Waals surface area contributed by atoms with Gasteiger partial charge in [0.2, 0.25) is 0 Å². The van der Waals surface area contributed by atoms with Gasteiger partial charge in [0.15, 0.2) is 5.00 Å². The lowest BCUT2D eigenvalue weighted by molar-refractivity contribution is -0.137. The third kappa shape index (κ3) is 6.17. The summed E-state index contributed by atoms with van der Waals surface area (Å²) in [7, 11) is 0. The molecule has 3 aromatic carbocycles. The van der Waals surface area contributed by atoms with Gasteiger partial charge in [0.25, 0.3) is 0 Å². The van der Waals surface area contributed by atoms with Crippen LogP contribution in [-0.2, 0) is 11.3 Å². The number of anilines is 1. The molecule has 7 nitrogen and oxygen atoms in total. The maximum Gasteiger partial charge on any atom is 0.337 e. The fourth-order valence-electron chi connectivity index (χ4n) is 4.67. The van der Waals surface area contributed by atoms with Crippen LogP contribution in [0, 0.1) is 0 Å². The van der Waals surface area contributed by atoms with Crippen molar-refractivity contribution in [3.63, 3.8) is 0 Å². The molecule has 204 valence electrons. The van der Waals surface area contributed by atoms with E-state index in [1.54, 1.807) is 10.8 Å². The molecule has 0 saturated heterocycles. The number of carboxylic acids is 2. The highest BCUT2D eigenvalue weighted by atomic mass is 35.5. The Morgan fingerprint density at radius 3 is 2.60 bits per heavy atom. The molecule has 1 aromatic heterocycles. The number of aromatic nitrogens is 1. The number of nitrogens with zero attached hydrogens (tertiary/aromatic N) is 1. The van der Waals surface area contributed by atoms with Crippen molar-refractivity contribution in [3.05, 3.63) is 100 Å². The summed E-state index contributed by atoms with van der Waals surface area (Å²) in [6.07, 6.45) is 9.57. The number of hydrogen-bond donors (Lipinski definition) is 3. The van der Waals surface area contributed by atoms with Gasteiger partial charge >= 0.3 is 11.9 Å². The lowest BCUT2D eigenvalue weighted by Gasteiger charge is -2.30. The van der Waals surface area contributed by atoms with E-state index in [2.05, 4.69) is 5.32 Å². The minimum Gasteiger partial charge on any atom is -0.489 e. The third-order valence-electron chi connectivity index (χ3n) is 6.63. The zero-order valence-corrected chi connectivity index (χ0v) is 22.8. The van der Waals surface area contributed by atoms with Crippen LogP contribution in [0.4, 0.5) is 5.69 Å². The standard InChI is InChI=1S/C31H26Cl2N2O5/c32-23-11-10-21-14-15-31(33,34-26(21)17-23)19-40-24-12-7-20(8-13-24)6-9-22-3-1-4-27-29(22)25(30(38)39)18-35(27)16-2-5-28(36)37/h1,3-4,6-15,17-18,34H,2,5,16,19H2,(H,36,37)(H,38,39)/b9-6+. The smallest absolute Gasteiger partial charge is 0.337 e. The molecule has 1 unspecified atom stereocenters. The Labute approximate surface area is 240 Å².